The van der Waals surface area contributed by atoms with Gasteiger partial charge < -0.3 is 10.1 Å². The van der Waals surface area contributed by atoms with Gasteiger partial charge in [-0.2, -0.15) is 4.31 Å². The highest BCUT2D eigenvalue weighted by Crippen LogP contribution is 2.32. The van der Waals surface area contributed by atoms with Crippen LogP contribution in [0.5, 0.6) is 5.75 Å². The van der Waals surface area contributed by atoms with E-state index in [0.717, 1.165) is 12.8 Å². The molecule has 1 N–H and O–H groups in total. The Morgan fingerprint density at radius 1 is 1.15 bits per heavy atom. The summed E-state index contributed by atoms with van der Waals surface area (Å²) in [7, 11) is -2.35. The molecule has 1 aliphatic heterocycles. The lowest BCUT2D eigenvalue weighted by atomic mass is 10.2. The largest absolute Gasteiger partial charge is 0.495 e. The van der Waals surface area contributed by atoms with Gasteiger partial charge in [-0.3, -0.25) is 4.79 Å². The van der Waals surface area contributed by atoms with Gasteiger partial charge >= 0.3 is 0 Å². The molecule has 3 rings (SSSR count). The maximum absolute atomic E-state index is 12.9. The van der Waals surface area contributed by atoms with E-state index in [-0.39, 0.29) is 21.2 Å². The zero-order valence-electron chi connectivity index (χ0n) is 14.5. The lowest BCUT2D eigenvalue weighted by Crippen LogP contribution is -2.28. The monoisotopic (exact) mass is 428 g/mol. The Morgan fingerprint density at radius 3 is 2.52 bits per heavy atom. The Kier molecular flexibility index (Phi) is 5.95. The molecule has 2 aromatic carbocycles. The topological polar surface area (TPSA) is 75.7 Å². The Labute approximate surface area is 168 Å². The number of rotatable bonds is 5. The van der Waals surface area contributed by atoms with Crippen LogP contribution < -0.4 is 10.1 Å². The second kappa shape index (κ2) is 8.06. The molecule has 1 aliphatic rings. The van der Waals surface area contributed by atoms with Crippen LogP contribution in [-0.4, -0.2) is 38.8 Å². The van der Waals surface area contributed by atoms with E-state index in [4.69, 9.17) is 27.9 Å². The molecule has 2 aromatic rings. The number of nitrogens with one attached hydrogen (secondary N) is 1. The SMILES string of the molecule is COc1ccc(C(=O)Nc2cccc(Cl)c2Cl)cc1S(=O)(=O)N1CCCC1. The van der Waals surface area contributed by atoms with Crippen molar-refractivity contribution in [3.8, 4) is 5.75 Å². The third kappa shape index (κ3) is 4.06. The van der Waals surface area contributed by atoms with Crippen molar-refractivity contribution in [2.45, 2.75) is 17.7 Å². The smallest absolute Gasteiger partial charge is 0.255 e. The Balaban J connectivity index is 1.95. The lowest BCUT2D eigenvalue weighted by molar-refractivity contribution is 0.102. The van der Waals surface area contributed by atoms with Gasteiger partial charge in [0.15, 0.2) is 0 Å². The predicted octanol–water partition coefficient (Wildman–Crippen LogP) is 4.04. The van der Waals surface area contributed by atoms with Crippen molar-refractivity contribution < 1.29 is 17.9 Å². The summed E-state index contributed by atoms with van der Waals surface area (Å²) in [5.41, 5.74) is 0.513. The molecule has 1 heterocycles. The zero-order chi connectivity index (χ0) is 19.6. The Morgan fingerprint density at radius 2 is 1.85 bits per heavy atom. The van der Waals surface area contributed by atoms with Crippen LogP contribution in [0.4, 0.5) is 5.69 Å². The third-order valence-corrected chi connectivity index (χ3v) is 7.05. The number of hydrogen-bond acceptors (Lipinski definition) is 4. The predicted molar refractivity (Wildman–Crippen MR) is 105 cm³/mol. The minimum Gasteiger partial charge on any atom is -0.495 e. The number of benzene rings is 2. The summed E-state index contributed by atoms with van der Waals surface area (Å²) in [6, 6.07) is 9.15. The maximum Gasteiger partial charge on any atom is 0.255 e. The van der Waals surface area contributed by atoms with Gasteiger partial charge in [-0.25, -0.2) is 8.42 Å². The van der Waals surface area contributed by atoms with Crippen molar-refractivity contribution in [2.75, 3.05) is 25.5 Å². The van der Waals surface area contributed by atoms with E-state index in [0.29, 0.717) is 23.8 Å². The highest BCUT2D eigenvalue weighted by molar-refractivity contribution is 7.89. The van der Waals surface area contributed by atoms with E-state index in [1.807, 2.05) is 0 Å². The number of ether oxygens (including phenoxy) is 1. The van der Waals surface area contributed by atoms with Gasteiger partial charge in [0.05, 0.1) is 22.8 Å². The molecule has 1 fully saturated rings. The van der Waals surface area contributed by atoms with Crippen LogP contribution >= 0.6 is 23.2 Å². The highest BCUT2D eigenvalue weighted by Gasteiger charge is 2.30. The van der Waals surface area contributed by atoms with Crippen molar-refractivity contribution in [2.24, 2.45) is 0 Å². The van der Waals surface area contributed by atoms with Gasteiger partial charge in [0.1, 0.15) is 10.6 Å². The fourth-order valence-electron chi connectivity index (χ4n) is 2.88. The number of methoxy groups -OCH3 is 1. The molecule has 0 spiro atoms. The average Bonchev–Trinajstić information content (AvgIpc) is 3.20. The van der Waals surface area contributed by atoms with Crippen LogP contribution in [0.25, 0.3) is 0 Å². The average molecular weight is 429 g/mol. The van der Waals surface area contributed by atoms with Crippen LogP contribution in [0.3, 0.4) is 0 Å². The van der Waals surface area contributed by atoms with Crippen LogP contribution in [0.1, 0.15) is 23.2 Å². The molecule has 1 saturated heterocycles. The first kappa shape index (κ1) is 19.9. The lowest BCUT2D eigenvalue weighted by Gasteiger charge is -2.18. The Bertz CT molecular complexity index is 973. The normalized spacial score (nSPS) is 14.9. The number of nitrogens with zero attached hydrogens (tertiary/aromatic N) is 1. The van der Waals surface area contributed by atoms with E-state index >= 15 is 0 Å². The molecule has 1 amide bonds. The summed E-state index contributed by atoms with van der Waals surface area (Å²) in [6.45, 7) is 0.917. The quantitative estimate of drug-likeness (QED) is 0.779. The van der Waals surface area contributed by atoms with Crippen LogP contribution in [0.2, 0.25) is 10.0 Å². The summed E-state index contributed by atoms with van der Waals surface area (Å²) in [5, 5.41) is 3.17. The molecular formula is C18H18Cl2N2O4S. The summed E-state index contributed by atoms with van der Waals surface area (Å²) in [5.74, 6) is -0.307. The van der Waals surface area contributed by atoms with Gasteiger partial charge in [-0.05, 0) is 43.2 Å². The first-order valence-corrected chi connectivity index (χ1v) is 10.5. The fourth-order valence-corrected chi connectivity index (χ4v) is 4.93. The Hall–Kier alpha value is -1.80. The number of carbonyl (C=O) groups excluding carboxylic acids is 1. The second-order valence-electron chi connectivity index (χ2n) is 6.03. The standard InChI is InChI=1S/C18H18Cl2N2O4S/c1-26-15-8-7-12(11-16(15)27(24,25)22-9-2-3-10-22)18(23)21-14-6-4-5-13(19)17(14)20/h4-8,11H,2-3,9-10H2,1H3,(H,21,23). The van der Waals surface area contributed by atoms with Gasteiger partial charge in [-0.1, -0.05) is 29.3 Å². The van der Waals surface area contributed by atoms with Gasteiger partial charge in [-0.15, -0.1) is 0 Å². The number of halogens is 2. The minimum atomic E-state index is -3.74. The number of carbonyl (C=O) groups is 1. The summed E-state index contributed by atoms with van der Waals surface area (Å²) in [4.78, 5) is 12.6. The summed E-state index contributed by atoms with van der Waals surface area (Å²) in [6.07, 6.45) is 1.63. The second-order valence-corrected chi connectivity index (χ2v) is 8.72. The van der Waals surface area contributed by atoms with Crippen molar-refractivity contribution in [3.63, 3.8) is 0 Å². The fraction of sp³-hybridized carbons (Fsp3) is 0.278. The number of anilines is 1. The first-order valence-electron chi connectivity index (χ1n) is 8.28. The van der Waals surface area contributed by atoms with Crippen LogP contribution in [0, 0.1) is 0 Å². The van der Waals surface area contributed by atoms with Gasteiger partial charge in [0.25, 0.3) is 5.91 Å². The zero-order valence-corrected chi connectivity index (χ0v) is 16.9. The molecule has 0 unspecified atom stereocenters. The van der Waals surface area contributed by atoms with Gasteiger partial charge in [0, 0.05) is 18.7 Å². The molecule has 9 heteroatoms. The van der Waals surface area contributed by atoms with E-state index < -0.39 is 15.9 Å². The molecule has 6 nitrogen and oxygen atoms in total. The van der Waals surface area contributed by atoms with Crippen molar-refractivity contribution >= 4 is 44.8 Å². The number of sulfonamides is 1. The van der Waals surface area contributed by atoms with Crippen molar-refractivity contribution in [3.05, 3.63) is 52.0 Å². The summed E-state index contributed by atoms with van der Waals surface area (Å²) >= 11 is 12.0. The molecule has 0 bridgehead atoms. The molecule has 27 heavy (non-hydrogen) atoms. The molecule has 0 radical (unpaired) electrons. The van der Waals surface area contributed by atoms with E-state index in [1.54, 1.807) is 18.2 Å². The molecule has 0 atom stereocenters. The number of amides is 1. The van der Waals surface area contributed by atoms with E-state index in [9.17, 15) is 13.2 Å². The summed E-state index contributed by atoms with van der Waals surface area (Å²) < 4.78 is 32.4. The van der Waals surface area contributed by atoms with Crippen molar-refractivity contribution in [1.29, 1.82) is 0 Å². The molecule has 144 valence electrons. The molecule has 0 saturated carbocycles. The number of hydrogen-bond donors (Lipinski definition) is 1. The van der Waals surface area contributed by atoms with Crippen LogP contribution in [0.15, 0.2) is 41.3 Å². The van der Waals surface area contributed by atoms with E-state index in [2.05, 4.69) is 5.32 Å². The molecule has 0 aliphatic carbocycles. The maximum atomic E-state index is 12.9. The first-order chi connectivity index (χ1) is 12.8. The van der Waals surface area contributed by atoms with E-state index in [1.165, 1.54) is 29.6 Å². The third-order valence-electron chi connectivity index (χ3n) is 4.31. The molecule has 0 aromatic heterocycles. The highest BCUT2D eigenvalue weighted by atomic mass is 35.5. The molecular weight excluding hydrogens is 411 g/mol. The minimum absolute atomic E-state index is 0.0308. The van der Waals surface area contributed by atoms with Crippen LogP contribution in [-0.2, 0) is 10.0 Å². The van der Waals surface area contributed by atoms with Crippen molar-refractivity contribution in [1.82, 2.24) is 4.31 Å². The van der Waals surface area contributed by atoms with Gasteiger partial charge in [0.2, 0.25) is 10.0 Å².